The van der Waals surface area contributed by atoms with Gasteiger partial charge in [0.2, 0.25) is 5.91 Å². The van der Waals surface area contributed by atoms with Crippen LogP contribution in [0.3, 0.4) is 0 Å². The Balaban J connectivity index is 1.58. The van der Waals surface area contributed by atoms with Gasteiger partial charge in [-0.05, 0) is 47.2 Å². The van der Waals surface area contributed by atoms with E-state index < -0.39 is 6.10 Å². The van der Waals surface area contributed by atoms with Gasteiger partial charge < -0.3 is 15.0 Å². The van der Waals surface area contributed by atoms with E-state index in [1.807, 2.05) is 86.3 Å². The highest BCUT2D eigenvalue weighted by Gasteiger charge is 2.33. The molecule has 0 saturated heterocycles. The minimum atomic E-state index is -0.594. The Morgan fingerprint density at radius 3 is 2.34 bits per heavy atom. The van der Waals surface area contributed by atoms with Crippen LogP contribution in [0.1, 0.15) is 55.5 Å². The van der Waals surface area contributed by atoms with Crippen LogP contribution in [0, 0.1) is 5.92 Å². The van der Waals surface area contributed by atoms with Crippen LogP contribution < -0.4 is 10.1 Å². The number of fused-ring (bicyclic) bond motifs is 1. The van der Waals surface area contributed by atoms with Gasteiger partial charge in [0.15, 0.2) is 6.10 Å². The van der Waals surface area contributed by atoms with E-state index in [2.05, 4.69) is 23.5 Å². The first-order chi connectivity index (χ1) is 17.0. The molecule has 3 aromatic rings. The molecule has 0 bridgehead atoms. The average molecular weight is 471 g/mol. The van der Waals surface area contributed by atoms with Crippen molar-refractivity contribution in [2.24, 2.45) is 5.92 Å². The Hall–Kier alpha value is -3.60. The highest BCUT2D eigenvalue weighted by atomic mass is 16.5. The summed E-state index contributed by atoms with van der Waals surface area (Å²) in [5.74, 6) is 0.568. The van der Waals surface area contributed by atoms with E-state index in [9.17, 15) is 9.59 Å². The summed E-state index contributed by atoms with van der Waals surface area (Å²) in [6.07, 6.45) is 0.758. The number of nitrogens with zero attached hydrogens (tertiary/aromatic N) is 1. The van der Waals surface area contributed by atoms with E-state index in [0.717, 1.165) is 23.1 Å². The molecule has 0 aliphatic carbocycles. The zero-order chi connectivity index (χ0) is 24.8. The largest absolute Gasteiger partial charge is 0.481 e. The predicted octanol–water partition coefficient (Wildman–Crippen LogP) is 5.29. The van der Waals surface area contributed by atoms with Crippen LogP contribution >= 0.6 is 0 Å². The molecule has 182 valence electrons. The highest BCUT2D eigenvalue weighted by Crippen LogP contribution is 2.38. The number of amides is 2. The van der Waals surface area contributed by atoms with Gasteiger partial charge in [0.05, 0.1) is 6.04 Å². The first kappa shape index (κ1) is 24.5. The third-order valence-electron chi connectivity index (χ3n) is 6.49. The first-order valence-electron chi connectivity index (χ1n) is 12.4. The molecular weight excluding hydrogens is 436 g/mol. The molecule has 1 N–H and O–H groups in total. The summed E-state index contributed by atoms with van der Waals surface area (Å²) >= 11 is 0. The maximum absolute atomic E-state index is 13.1. The maximum Gasteiger partial charge on any atom is 0.261 e. The molecule has 0 radical (unpaired) electrons. The Bertz CT molecular complexity index is 1140. The minimum absolute atomic E-state index is 0.0834. The third-order valence-corrected chi connectivity index (χ3v) is 6.49. The van der Waals surface area contributed by atoms with Crippen LogP contribution in [0.15, 0.2) is 78.9 Å². The normalized spacial score (nSPS) is 15.9. The van der Waals surface area contributed by atoms with Crippen molar-refractivity contribution in [3.8, 4) is 5.75 Å². The third kappa shape index (κ3) is 5.73. The van der Waals surface area contributed by atoms with Crippen LogP contribution in [0.2, 0.25) is 0 Å². The molecule has 0 unspecified atom stereocenters. The lowest BCUT2D eigenvalue weighted by Crippen LogP contribution is -2.42. The van der Waals surface area contributed by atoms with Crippen molar-refractivity contribution in [1.82, 2.24) is 10.2 Å². The SMILES string of the molecule is CC[C@H](Oc1ccc2c(c1)[C@H](c1ccccc1)N(C(=O)C(C)C)CC2)C(=O)NCc1ccccc1. The summed E-state index contributed by atoms with van der Waals surface area (Å²) in [6, 6.07) is 25.8. The topological polar surface area (TPSA) is 58.6 Å². The van der Waals surface area contributed by atoms with Gasteiger partial charge in [0, 0.05) is 19.0 Å². The molecule has 1 heterocycles. The standard InChI is InChI=1S/C30H34N2O3/c1-4-27(29(33)31-20-22-11-7-5-8-12-22)35-25-16-15-23-17-18-32(30(34)21(2)3)28(26(23)19-25)24-13-9-6-10-14-24/h5-16,19,21,27-28H,4,17-18,20H2,1-3H3,(H,31,33)/t27-,28-/m0/s1. The lowest BCUT2D eigenvalue weighted by molar-refractivity contribution is -0.136. The Labute approximate surface area is 208 Å². The van der Waals surface area contributed by atoms with E-state index in [4.69, 9.17) is 4.74 Å². The van der Waals surface area contributed by atoms with Crippen LogP contribution in [-0.2, 0) is 22.6 Å². The molecule has 35 heavy (non-hydrogen) atoms. The van der Waals surface area contributed by atoms with E-state index in [1.165, 1.54) is 5.56 Å². The quantitative estimate of drug-likeness (QED) is 0.487. The molecule has 1 aliphatic rings. The molecule has 2 atom stereocenters. The van der Waals surface area contributed by atoms with Crippen molar-refractivity contribution in [3.63, 3.8) is 0 Å². The smallest absolute Gasteiger partial charge is 0.261 e. The Kier molecular flexibility index (Phi) is 7.86. The molecule has 0 saturated carbocycles. The number of rotatable bonds is 8. The van der Waals surface area contributed by atoms with E-state index >= 15 is 0 Å². The first-order valence-corrected chi connectivity index (χ1v) is 12.4. The summed E-state index contributed by atoms with van der Waals surface area (Å²) in [4.78, 5) is 28.0. The molecule has 5 nitrogen and oxygen atoms in total. The van der Waals surface area contributed by atoms with E-state index in [1.54, 1.807) is 0 Å². The van der Waals surface area contributed by atoms with Crippen LogP contribution in [-0.4, -0.2) is 29.4 Å². The molecule has 0 spiro atoms. The van der Waals surface area contributed by atoms with Crippen LogP contribution in [0.5, 0.6) is 5.75 Å². The lowest BCUT2D eigenvalue weighted by atomic mass is 9.87. The molecular formula is C30H34N2O3. The van der Waals surface area contributed by atoms with Gasteiger partial charge in [-0.15, -0.1) is 0 Å². The van der Waals surface area contributed by atoms with E-state index in [0.29, 0.717) is 25.3 Å². The van der Waals surface area contributed by atoms with Crippen molar-refractivity contribution >= 4 is 11.8 Å². The molecule has 0 fully saturated rings. The fourth-order valence-corrected chi connectivity index (χ4v) is 4.62. The second-order valence-corrected chi connectivity index (χ2v) is 9.33. The van der Waals surface area contributed by atoms with Crippen LogP contribution in [0.4, 0.5) is 0 Å². The van der Waals surface area contributed by atoms with Crippen molar-refractivity contribution in [2.45, 2.75) is 52.3 Å². The Morgan fingerprint density at radius 2 is 1.69 bits per heavy atom. The lowest BCUT2D eigenvalue weighted by Gasteiger charge is -2.39. The fraction of sp³-hybridized carbons (Fsp3) is 0.333. The molecule has 2 amide bonds. The summed E-state index contributed by atoms with van der Waals surface area (Å²) in [7, 11) is 0. The summed E-state index contributed by atoms with van der Waals surface area (Å²) in [5, 5.41) is 2.98. The van der Waals surface area contributed by atoms with Gasteiger partial charge in [0.25, 0.3) is 5.91 Å². The number of carbonyl (C=O) groups excluding carboxylic acids is 2. The number of nitrogens with one attached hydrogen (secondary N) is 1. The van der Waals surface area contributed by atoms with Gasteiger partial charge >= 0.3 is 0 Å². The molecule has 0 aromatic heterocycles. The van der Waals surface area contributed by atoms with Gasteiger partial charge in [-0.1, -0.05) is 87.5 Å². The predicted molar refractivity (Wildman–Crippen MR) is 138 cm³/mol. The van der Waals surface area contributed by atoms with Crippen molar-refractivity contribution in [1.29, 1.82) is 0 Å². The summed E-state index contributed by atoms with van der Waals surface area (Å²) in [5.41, 5.74) is 4.39. The summed E-state index contributed by atoms with van der Waals surface area (Å²) in [6.45, 7) is 6.98. The molecule has 1 aliphatic heterocycles. The number of ether oxygens (including phenoxy) is 1. The number of hydrogen-bond donors (Lipinski definition) is 1. The average Bonchev–Trinajstić information content (AvgIpc) is 2.90. The number of benzene rings is 3. The Morgan fingerprint density at radius 1 is 1.00 bits per heavy atom. The molecule has 5 heteroatoms. The van der Waals surface area contributed by atoms with Gasteiger partial charge in [-0.3, -0.25) is 9.59 Å². The number of carbonyl (C=O) groups is 2. The molecule has 3 aromatic carbocycles. The minimum Gasteiger partial charge on any atom is -0.481 e. The fourth-order valence-electron chi connectivity index (χ4n) is 4.62. The number of hydrogen-bond acceptors (Lipinski definition) is 3. The van der Waals surface area contributed by atoms with Crippen molar-refractivity contribution < 1.29 is 14.3 Å². The monoisotopic (exact) mass is 470 g/mol. The van der Waals surface area contributed by atoms with Gasteiger partial charge in [0.1, 0.15) is 5.75 Å². The maximum atomic E-state index is 13.1. The van der Waals surface area contributed by atoms with E-state index in [-0.39, 0.29) is 23.8 Å². The van der Waals surface area contributed by atoms with Crippen molar-refractivity contribution in [3.05, 3.63) is 101 Å². The second kappa shape index (κ2) is 11.2. The second-order valence-electron chi connectivity index (χ2n) is 9.33. The van der Waals surface area contributed by atoms with Crippen molar-refractivity contribution in [2.75, 3.05) is 6.54 Å². The molecule has 4 rings (SSSR count). The summed E-state index contributed by atoms with van der Waals surface area (Å²) < 4.78 is 6.19. The zero-order valence-corrected chi connectivity index (χ0v) is 20.7. The van der Waals surface area contributed by atoms with Gasteiger partial charge in [-0.2, -0.15) is 0 Å². The van der Waals surface area contributed by atoms with Gasteiger partial charge in [-0.25, -0.2) is 0 Å². The zero-order valence-electron chi connectivity index (χ0n) is 20.7. The van der Waals surface area contributed by atoms with Crippen LogP contribution in [0.25, 0.3) is 0 Å². The highest BCUT2D eigenvalue weighted by molar-refractivity contribution is 5.81.